The number of aromatic hydroxyl groups is 1. The second kappa shape index (κ2) is 7.34. The van der Waals surface area contributed by atoms with Crippen molar-refractivity contribution in [3.05, 3.63) is 23.4 Å². The summed E-state index contributed by atoms with van der Waals surface area (Å²) in [4.78, 5) is 15.5. The van der Waals surface area contributed by atoms with Gasteiger partial charge < -0.3 is 25.6 Å². The average Bonchev–Trinajstić information content (AvgIpc) is 2.49. The minimum Gasteiger partial charge on any atom is -0.503 e. The first-order chi connectivity index (χ1) is 10.9. The van der Waals surface area contributed by atoms with Gasteiger partial charge in [0.25, 0.3) is 5.88 Å². The van der Waals surface area contributed by atoms with Gasteiger partial charge in [0.15, 0.2) is 5.75 Å². The summed E-state index contributed by atoms with van der Waals surface area (Å²) in [5, 5.41) is 13.6. The van der Waals surface area contributed by atoms with Crippen molar-refractivity contribution < 1.29 is 19.4 Å². The Morgan fingerprint density at radius 1 is 1.43 bits per heavy atom. The molecule has 0 atom stereocenters. The van der Waals surface area contributed by atoms with Crippen LogP contribution in [0.15, 0.2) is 18.2 Å². The monoisotopic (exact) mass is 339 g/mol. The highest BCUT2D eigenvalue weighted by Gasteiger charge is 2.17. The molecular weight excluding hydrogens is 322 g/mol. The molecule has 2 rings (SSSR count). The van der Waals surface area contributed by atoms with E-state index in [1.165, 1.54) is 0 Å². The summed E-state index contributed by atoms with van der Waals surface area (Å²) < 4.78 is 10.5. The molecule has 0 aliphatic rings. The van der Waals surface area contributed by atoms with Crippen LogP contribution in [0.5, 0.6) is 17.4 Å². The third-order valence-electron chi connectivity index (χ3n) is 2.85. The zero-order valence-corrected chi connectivity index (χ0v) is 13.6. The van der Waals surface area contributed by atoms with E-state index in [1.54, 1.807) is 18.2 Å². The SMILES string of the molecule is CC(C)Oc1ccc2c(O)c(OC(=O)NCCN)nc(Cl)c2c1. The number of fused-ring (bicyclic) bond motifs is 1. The normalized spacial score (nSPS) is 10.8. The molecule has 23 heavy (non-hydrogen) atoms. The van der Waals surface area contributed by atoms with E-state index < -0.39 is 6.09 Å². The summed E-state index contributed by atoms with van der Waals surface area (Å²) in [5.74, 6) is 0.0582. The minimum atomic E-state index is -0.770. The molecule has 1 amide bonds. The van der Waals surface area contributed by atoms with E-state index in [4.69, 9.17) is 26.8 Å². The molecule has 0 unspecified atom stereocenters. The van der Waals surface area contributed by atoms with Crippen LogP contribution in [0.1, 0.15) is 13.8 Å². The quantitative estimate of drug-likeness (QED) is 0.722. The molecular formula is C15H18ClN3O4. The van der Waals surface area contributed by atoms with Gasteiger partial charge in [0, 0.05) is 23.9 Å². The fourth-order valence-electron chi connectivity index (χ4n) is 1.93. The Bertz CT molecular complexity index is 721. The molecule has 0 bridgehead atoms. The highest BCUT2D eigenvalue weighted by molar-refractivity contribution is 6.34. The number of amides is 1. The van der Waals surface area contributed by atoms with E-state index in [2.05, 4.69) is 10.3 Å². The average molecular weight is 340 g/mol. The fraction of sp³-hybridized carbons (Fsp3) is 0.333. The summed E-state index contributed by atoms with van der Waals surface area (Å²) in [7, 11) is 0. The molecule has 0 aliphatic carbocycles. The van der Waals surface area contributed by atoms with Crippen LogP contribution in [0.4, 0.5) is 4.79 Å². The van der Waals surface area contributed by atoms with E-state index >= 15 is 0 Å². The first-order valence-corrected chi connectivity index (χ1v) is 7.44. The van der Waals surface area contributed by atoms with Crippen LogP contribution in [-0.2, 0) is 0 Å². The summed E-state index contributed by atoms with van der Waals surface area (Å²) in [6, 6.07) is 4.99. The third-order valence-corrected chi connectivity index (χ3v) is 3.13. The smallest absolute Gasteiger partial charge is 0.414 e. The van der Waals surface area contributed by atoms with Gasteiger partial charge >= 0.3 is 6.09 Å². The number of ether oxygens (including phenoxy) is 2. The van der Waals surface area contributed by atoms with Gasteiger partial charge in [-0.3, -0.25) is 0 Å². The molecule has 1 aromatic carbocycles. The fourth-order valence-corrected chi connectivity index (χ4v) is 2.17. The van der Waals surface area contributed by atoms with Crippen LogP contribution >= 0.6 is 11.6 Å². The van der Waals surface area contributed by atoms with Crippen molar-refractivity contribution in [3.63, 3.8) is 0 Å². The third kappa shape index (κ3) is 4.14. The highest BCUT2D eigenvalue weighted by Crippen LogP contribution is 2.38. The lowest BCUT2D eigenvalue weighted by atomic mass is 10.1. The number of halogens is 1. The Morgan fingerprint density at radius 3 is 2.83 bits per heavy atom. The molecule has 4 N–H and O–H groups in total. The molecule has 0 spiro atoms. The predicted molar refractivity (Wildman–Crippen MR) is 87.3 cm³/mol. The van der Waals surface area contributed by atoms with E-state index in [0.29, 0.717) is 16.5 Å². The molecule has 0 radical (unpaired) electrons. The molecule has 8 heteroatoms. The number of nitrogens with two attached hydrogens (primary N) is 1. The van der Waals surface area contributed by atoms with Crippen LogP contribution in [0.3, 0.4) is 0 Å². The summed E-state index contributed by atoms with van der Waals surface area (Å²) >= 11 is 6.12. The lowest BCUT2D eigenvalue weighted by Crippen LogP contribution is -2.31. The van der Waals surface area contributed by atoms with Crippen molar-refractivity contribution in [3.8, 4) is 17.4 Å². The Hall–Kier alpha value is -2.25. The Labute approximate surface area is 138 Å². The maximum absolute atomic E-state index is 11.5. The number of aromatic nitrogens is 1. The zero-order chi connectivity index (χ0) is 17.0. The highest BCUT2D eigenvalue weighted by atomic mass is 35.5. The first kappa shape index (κ1) is 17.1. The maximum Gasteiger partial charge on any atom is 0.414 e. The summed E-state index contributed by atoms with van der Waals surface area (Å²) in [6.07, 6.45) is -0.768. The summed E-state index contributed by atoms with van der Waals surface area (Å²) in [6.45, 7) is 4.32. The Balaban J connectivity index is 2.35. The van der Waals surface area contributed by atoms with Gasteiger partial charge in [-0.2, -0.15) is 4.98 Å². The van der Waals surface area contributed by atoms with Crippen LogP contribution in [0, 0.1) is 0 Å². The lowest BCUT2D eigenvalue weighted by Gasteiger charge is -2.13. The molecule has 1 heterocycles. The van der Waals surface area contributed by atoms with Crippen molar-refractivity contribution >= 4 is 28.5 Å². The first-order valence-electron chi connectivity index (χ1n) is 7.07. The van der Waals surface area contributed by atoms with Crippen molar-refractivity contribution in [1.29, 1.82) is 0 Å². The summed E-state index contributed by atoms with van der Waals surface area (Å²) in [5.41, 5.74) is 5.28. The van der Waals surface area contributed by atoms with Crippen molar-refractivity contribution in [2.45, 2.75) is 20.0 Å². The van der Waals surface area contributed by atoms with Gasteiger partial charge in [-0.25, -0.2) is 4.79 Å². The van der Waals surface area contributed by atoms with Crippen LogP contribution in [0.2, 0.25) is 5.15 Å². The maximum atomic E-state index is 11.5. The number of benzene rings is 1. The molecule has 1 aromatic heterocycles. The number of nitrogens with one attached hydrogen (secondary N) is 1. The van der Waals surface area contributed by atoms with Gasteiger partial charge in [-0.1, -0.05) is 11.6 Å². The molecule has 0 saturated carbocycles. The molecule has 7 nitrogen and oxygen atoms in total. The second-order valence-electron chi connectivity index (χ2n) is 5.04. The number of nitrogens with zero attached hydrogens (tertiary/aromatic N) is 1. The van der Waals surface area contributed by atoms with E-state index in [-0.39, 0.29) is 36.0 Å². The molecule has 0 saturated heterocycles. The van der Waals surface area contributed by atoms with Crippen LogP contribution in [-0.4, -0.2) is 35.4 Å². The number of carbonyl (C=O) groups is 1. The molecule has 2 aromatic rings. The van der Waals surface area contributed by atoms with Gasteiger partial charge in [0.05, 0.1) is 6.10 Å². The van der Waals surface area contributed by atoms with Crippen LogP contribution < -0.4 is 20.5 Å². The molecule has 124 valence electrons. The topological polar surface area (TPSA) is 107 Å². The van der Waals surface area contributed by atoms with Crippen molar-refractivity contribution in [2.75, 3.05) is 13.1 Å². The van der Waals surface area contributed by atoms with Gasteiger partial charge in [-0.15, -0.1) is 0 Å². The number of pyridine rings is 1. The minimum absolute atomic E-state index is 0.00151. The van der Waals surface area contributed by atoms with Crippen LogP contribution in [0.25, 0.3) is 10.8 Å². The van der Waals surface area contributed by atoms with E-state index in [1.807, 2.05) is 13.8 Å². The van der Waals surface area contributed by atoms with Gasteiger partial charge in [0.1, 0.15) is 10.9 Å². The second-order valence-corrected chi connectivity index (χ2v) is 5.39. The standard InChI is InChI=1S/C15H18ClN3O4/c1-8(2)22-9-3-4-10-11(7-9)13(16)19-14(12(10)20)23-15(21)18-6-5-17/h3-4,7-8,20H,5-6,17H2,1-2H3,(H,18,21). The number of hydrogen-bond donors (Lipinski definition) is 3. The molecule has 0 fully saturated rings. The Morgan fingerprint density at radius 2 is 2.17 bits per heavy atom. The number of carbonyl (C=O) groups excluding carboxylic acids is 1. The largest absolute Gasteiger partial charge is 0.503 e. The van der Waals surface area contributed by atoms with E-state index in [9.17, 15) is 9.90 Å². The van der Waals surface area contributed by atoms with Gasteiger partial charge in [-0.05, 0) is 32.0 Å². The Kier molecular flexibility index (Phi) is 5.46. The number of rotatable bonds is 5. The molecule has 0 aliphatic heterocycles. The zero-order valence-electron chi connectivity index (χ0n) is 12.8. The van der Waals surface area contributed by atoms with Gasteiger partial charge in [0.2, 0.25) is 0 Å². The number of hydrogen-bond acceptors (Lipinski definition) is 6. The lowest BCUT2D eigenvalue weighted by molar-refractivity contribution is 0.197. The predicted octanol–water partition coefficient (Wildman–Crippen LogP) is 2.43. The van der Waals surface area contributed by atoms with Crippen molar-refractivity contribution in [1.82, 2.24) is 10.3 Å². The van der Waals surface area contributed by atoms with E-state index in [0.717, 1.165) is 0 Å². The van der Waals surface area contributed by atoms with Crippen molar-refractivity contribution in [2.24, 2.45) is 5.73 Å².